The van der Waals surface area contributed by atoms with E-state index in [9.17, 15) is 13.2 Å². The monoisotopic (exact) mass is 422 g/mol. The van der Waals surface area contributed by atoms with Gasteiger partial charge in [0.05, 0.1) is 22.9 Å². The molecule has 7 heteroatoms. The maximum absolute atomic E-state index is 13.2. The summed E-state index contributed by atoms with van der Waals surface area (Å²) >= 11 is 0. The second kappa shape index (κ2) is 8.20. The highest BCUT2D eigenvalue weighted by Crippen LogP contribution is 2.33. The minimum Gasteiger partial charge on any atom is -0.492 e. The van der Waals surface area contributed by atoms with E-state index in [2.05, 4.69) is 5.32 Å². The van der Waals surface area contributed by atoms with Crippen molar-refractivity contribution in [2.75, 3.05) is 22.8 Å². The molecule has 1 amide bonds. The minimum atomic E-state index is -3.77. The number of fused-ring (bicyclic) bond motifs is 1. The van der Waals surface area contributed by atoms with Crippen LogP contribution >= 0.6 is 0 Å². The molecule has 0 spiro atoms. The van der Waals surface area contributed by atoms with Crippen LogP contribution in [0.1, 0.15) is 22.8 Å². The first-order valence-corrected chi connectivity index (χ1v) is 11.2. The number of amides is 1. The summed E-state index contributed by atoms with van der Waals surface area (Å²) in [6.07, 6.45) is 0.670. The molecule has 0 fully saturated rings. The number of carbonyl (C=O) groups excluding carboxylic acids is 1. The van der Waals surface area contributed by atoms with Gasteiger partial charge < -0.3 is 10.1 Å². The summed E-state index contributed by atoms with van der Waals surface area (Å²) in [6.45, 7) is 2.72. The Morgan fingerprint density at radius 3 is 2.63 bits per heavy atom. The van der Waals surface area contributed by atoms with Gasteiger partial charge in [-0.15, -0.1) is 0 Å². The average molecular weight is 423 g/mol. The second-order valence-electron chi connectivity index (χ2n) is 6.87. The van der Waals surface area contributed by atoms with Gasteiger partial charge in [-0.1, -0.05) is 36.4 Å². The zero-order valence-electron chi connectivity index (χ0n) is 16.5. The number of nitrogens with one attached hydrogen (secondary N) is 1. The molecule has 30 heavy (non-hydrogen) atoms. The second-order valence-corrected chi connectivity index (χ2v) is 8.73. The SMILES string of the molecule is CCOc1ccccc1NC(=O)c1cccc(S(=O)(=O)N2CCc3ccccc32)c1. The number of anilines is 2. The molecular formula is C23H22N2O4S. The van der Waals surface area contributed by atoms with Crippen LogP contribution in [0.4, 0.5) is 11.4 Å². The molecule has 3 aromatic rings. The summed E-state index contributed by atoms with van der Waals surface area (Å²) in [7, 11) is -3.77. The summed E-state index contributed by atoms with van der Waals surface area (Å²) in [6, 6.07) is 20.7. The fourth-order valence-electron chi connectivity index (χ4n) is 3.53. The van der Waals surface area contributed by atoms with Gasteiger partial charge in [-0.3, -0.25) is 9.10 Å². The fourth-order valence-corrected chi connectivity index (χ4v) is 5.08. The first-order valence-electron chi connectivity index (χ1n) is 9.74. The van der Waals surface area contributed by atoms with E-state index in [0.29, 0.717) is 36.7 Å². The molecule has 0 saturated carbocycles. The molecule has 0 aromatic heterocycles. The van der Waals surface area contributed by atoms with Gasteiger partial charge >= 0.3 is 0 Å². The normalized spacial score (nSPS) is 13.0. The topological polar surface area (TPSA) is 75.7 Å². The third kappa shape index (κ3) is 3.76. The number of nitrogens with zero attached hydrogens (tertiary/aromatic N) is 1. The number of hydrogen-bond acceptors (Lipinski definition) is 4. The predicted octanol–water partition coefficient (Wildman–Crippen LogP) is 4.09. The summed E-state index contributed by atoms with van der Waals surface area (Å²) in [5.74, 6) is 0.159. The van der Waals surface area contributed by atoms with Crippen LogP contribution in [0.3, 0.4) is 0 Å². The summed E-state index contributed by atoms with van der Waals surface area (Å²) < 4.78 is 33.4. The number of para-hydroxylation sites is 3. The summed E-state index contributed by atoms with van der Waals surface area (Å²) in [4.78, 5) is 12.9. The van der Waals surface area contributed by atoms with E-state index in [1.807, 2.05) is 31.2 Å². The number of benzene rings is 3. The molecule has 3 aromatic carbocycles. The Morgan fingerprint density at radius 1 is 1.03 bits per heavy atom. The third-order valence-electron chi connectivity index (χ3n) is 4.96. The standard InChI is InChI=1S/C23H22N2O4S/c1-2-29-22-13-6-4-11-20(22)24-23(26)18-9-7-10-19(16-18)30(27,28)25-15-14-17-8-3-5-12-21(17)25/h3-13,16H,2,14-15H2,1H3,(H,24,26). The van der Waals surface area contributed by atoms with Gasteiger partial charge in [0, 0.05) is 12.1 Å². The van der Waals surface area contributed by atoms with E-state index in [1.54, 1.807) is 36.4 Å². The molecule has 0 aliphatic carbocycles. The Kier molecular flexibility index (Phi) is 5.46. The number of sulfonamides is 1. The van der Waals surface area contributed by atoms with Crippen molar-refractivity contribution in [2.45, 2.75) is 18.2 Å². The first kappa shape index (κ1) is 20.0. The van der Waals surface area contributed by atoms with E-state index >= 15 is 0 Å². The van der Waals surface area contributed by atoms with Crippen LogP contribution in [0.25, 0.3) is 0 Å². The van der Waals surface area contributed by atoms with E-state index in [1.165, 1.54) is 16.4 Å². The van der Waals surface area contributed by atoms with E-state index < -0.39 is 15.9 Å². The van der Waals surface area contributed by atoms with Crippen LogP contribution in [0.2, 0.25) is 0 Å². The quantitative estimate of drug-likeness (QED) is 0.649. The molecule has 1 N–H and O–H groups in total. The van der Waals surface area contributed by atoms with Gasteiger partial charge in [0.25, 0.3) is 15.9 Å². The Morgan fingerprint density at radius 2 is 1.80 bits per heavy atom. The van der Waals surface area contributed by atoms with E-state index in [4.69, 9.17) is 4.74 Å². The molecule has 0 bridgehead atoms. The third-order valence-corrected chi connectivity index (χ3v) is 6.77. The Hall–Kier alpha value is -3.32. The highest BCUT2D eigenvalue weighted by molar-refractivity contribution is 7.92. The molecule has 0 unspecified atom stereocenters. The molecule has 1 aliphatic rings. The number of carbonyl (C=O) groups is 1. The molecule has 1 aliphatic heterocycles. The molecular weight excluding hydrogens is 400 g/mol. The Balaban J connectivity index is 1.61. The van der Waals surface area contributed by atoms with Gasteiger partial charge in [-0.05, 0) is 55.3 Å². The van der Waals surface area contributed by atoms with Crippen molar-refractivity contribution in [3.8, 4) is 5.75 Å². The minimum absolute atomic E-state index is 0.0879. The Bertz CT molecular complexity index is 1190. The van der Waals surface area contributed by atoms with Crippen molar-refractivity contribution in [1.82, 2.24) is 0 Å². The smallest absolute Gasteiger partial charge is 0.264 e. The van der Waals surface area contributed by atoms with E-state index in [0.717, 1.165) is 5.56 Å². The molecule has 0 radical (unpaired) electrons. The van der Waals surface area contributed by atoms with Crippen LogP contribution in [0.15, 0.2) is 77.7 Å². The number of hydrogen-bond donors (Lipinski definition) is 1. The van der Waals surface area contributed by atoms with Crippen molar-refractivity contribution < 1.29 is 17.9 Å². The molecule has 0 atom stereocenters. The zero-order chi connectivity index (χ0) is 21.1. The highest BCUT2D eigenvalue weighted by Gasteiger charge is 2.31. The van der Waals surface area contributed by atoms with Crippen LogP contribution < -0.4 is 14.4 Å². The summed E-state index contributed by atoms with van der Waals surface area (Å²) in [5.41, 5.74) is 2.49. The first-order chi connectivity index (χ1) is 14.5. The van der Waals surface area contributed by atoms with Crippen LogP contribution in [-0.4, -0.2) is 27.5 Å². The van der Waals surface area contributed by atoms with Crippen LogP contribution in [0, 0.1) is 0 Å². The number of rotatable bonds is 6. The van der Waals surface area contributed by atoms with Crippen molar-refractivity contribution in [3.63, 3.8) is 0 Å². The maximum Gasteiger partial charge on any atom is 0.264 e. The van der Waals surface area contributed by atoms with Crippen molar-refractivity contribution >= 4 is 27.3 Å². The lowest BCUT2D eigenvalue weighted by molar-refractivity contribution is 0.102. The zero-order valence-corrected chi connectivity index (χ0v) is 17.4. The van der Waals surface area contributed by atoms with Gasteiger partial charge in [-0.25, -0.2) is 8.42 Å². The van der Waals surface area contributed by atoms with Gasteiger partial charge in [-0.2, -0.15) is 0 Å². The van der Waals surface area contributed by atoms with Crippen LogP contribution in [-0.2, 0) is 16.4 Å². The number of ether oxygens (including phenoxy) is 1. The highest BCUT2D eigenvalue weighted by atomic mass is 32.2. The fraction of sp³-hybridized carbons (Fsp3) is 0.174. The van der Waals surface area contributed by atoms with Gasteiger partial charge in [0.2, 0.25) is 0 Å². The van der Waals surface area contributed by atoms with E-state index in [-0.39, 0.29) is 10.5 Å². The van der Waals surface area contributed by atoms with Crippen molar-refractivity contribution in [2.24, 2.45) is 0 Å². The lowest BCUT2D eigenvalue weighted by atomic mass is 10.2. The molecule has 6 nitrogen and oxygen atoms in total. The van der Waals surface area contributed by atoms with Crippen molar-refractivity contribution in [1.29, 1.82) is 0 Å². The predicted molar refractivity (Wildman–Crippen MR) is 117 cm³/mol. The maximum atomic E-state index is 13.2. The molecule has 0 saturated heterocycles. The Labute approximate surface area is 176 Å². The van der Waals surface area contributed by atoms with Crippen molar-refractivity contribution in [3.05, 3.63) is 83.9 Å². The average Bonchev–Trinajstić information content (AvgIpc) is 3.20. The molecule has 154 valence electrons. The van der Waals surface area contributed by atoms with Crippen LogP contribution in [0.5, 0.6) is 5.75 Å². The molecule has 4 rings (SSSR count). The lowest BCUT2D eigenvalue weighted by Crippen LogP contribution is -2.29. The van der Waals surface area contributed by atoms with Gasteiger partial charge in [0.1, 0.15) is 5.75 Å². The molecule has 1 heterocycles. The summed E-state index contributed by atoms with van der Waals surface area (Å²) in [5, 5.41) is 2.80. The van der Waals surface area contributed by atoms with Gasteiger partial charge in [0.15, 0.2) is 0 Å². The largest absolute Gasteiger partial charge is 0.492 e. The lowest BCUT2D eigenvalue weighted by Gasteiger charge is -2.20.